The molecule has 26 heavy (non-hydrogen) atoms. The van der Waals surface area contributed by atoms with Crippen LogP contribution in [-0.4, -0.2) is 40.1 Å². The van der Waals surface area contributed by atoms with Gasteiger partial charge in [0.15, 0.2) is 19.7 Å². The Morgan fingerprint density at radius 3 is 1.42 bits per heavy atom. The minimum atomic E-state index is -3.33. The summed E-state index contributed by atoms with van der Waals surface area (Å²) >= 11 is 0. The molecule has 0 amide bonds. The molecule has 1 radical (unpaired) electrons. The first-order valence-electron chi connectivity index (χ1n) is 7.19. The average molecular weight is 474 g/mol. The van der Waals surface area contributed by atoms with Crippen molar-refractivity contribution in [3.63, 3.8) is 0 Å². The van der Waals surface area contributed by atoms with Gasteiger partial charge in [0.25, 0.3) is 0 Å². The number of hydrogen-bond acceptors (Lipinski definition) is 7. The summed E-state index contributed by atoms with van der Waals surface area (Å²) in [5, 5.41) is 8.51. The molecule has 0 bridgehead atoms. The van der Waals surface area contributed by atoms with Crippen LogP contribution in [0.5, 0.6) is 0 Å². The molecule has 2 rings (SSSR count). The summed E-state index contributed by atoms with van der Waals surface area (Å²) in [4.78, 5) is 0.461. The molecule has 0 saturated heterocycles. The molecule has 2 aromatic carbocycles. The van der Waals surface area contributed by atoms with E-state index in [0.29, 0.717) is 11.4 Å². The largest absolute Gasteiger partial charge is 0.399 e. The first-order valence-corrected chi connectivity index (χ1v) is 10.5. The first-order chi connectivity index (χ1) is 11.6. The number of nitrogen functional groups attached to an aromatic ring is 2. The third kappa shape index (κ3) is 7.71. The van der Waals surface area contributed by atoms with Crippen LogP contribution < -0.4 is 11.5 Å². The molecule has 0 aliphatic heterocycles. The van der Waals surface area contributed by atoms with E-state index in [9.17, 15) is 16.8 Å². The summed E-state index contributed by atoms with van der Waals surface area (Å²) < 4.78 is 45.1. The van der Waals surface area contributed by atoms with E-state index in [0.717, 1.165) is 0 Å². The monoisotopic (exact) mass is 474 g/mol. The quantitative estimate of drug-likeness (QED) is 0.432. The van der Waals surface area contributed by atoms with Crippen LogP contribution in [-0.2, 0) is 52.4 Å². The van der Waals surface area contributed by atoms with Crippen molar-refractivity contribution < 1.29 is 54.7 Å². The summed E-state index contributed by atoms with van der Waals surface area (Å²) in [5.74, 6) is -0.381. The van der Waals surface area contributed by atoms with Gasteiger partial charge in [-0.2, -0.15) is 0 Å². The van der Waals surface area contributed by atoms with Gasteiger partial charge >= 0.3 is 0 Å². The normalized spacial score (nSPS) is 11.0. The van der Waals surface area contributed by atoms with Crippen molar-refractivity contribution in [3.05, 3.63) is 55.5 Å². The Morgan fingerprint density at radius 1 is 0.769 bits per heavy atom. The zero-order chi connectivity index (χ0) is 19.1. The molecule has 7 nitrogen and oxygen atoms in total. The van der Waals surface area contributed by atoms with E-state index in [4.69, 9.17) is 16.6 Å². The molecule has 10 heteroatoms. The maximum absolute atomic E-state index is 11.3. The zero-order valence-corrected chi connectivity index (χ0v) is 18.5. The zero-order valence-electron chi connectivity index (χ0n) is 14.1. The van der Waals surface area contributed by atoms with Crippen LogP contribution in [0.25, 0.3) is 0 Å². The van der Waals surface area contributed by atoms with Crippen LogP contribution >= 0.6 is 0 Å². The van der Waals surface area contributed by atoms with Crippen LogP contribution in [0.2, 0.25) is 0 Å². The van der Waals surface area contributed by atoms with Crippen molar-refractivity contribution in [2.24, 2.45) is 0 Å². The fourth-order valence-corrected chi connectivity index (χ4v) is 3.52. The van der Waals surface area contributed by atoms with Crippen molar-refractivity contribution in [2.75, 3.05) is 29.6 Å². The van der Waals surface area contributed by atoms with Gasteiger partial charge in [0.1, 0.15) is 0 Å². The third-order valence-electron chi connectivity index (χ3n) is 3.11. The van der Waals surface area contributed by atoms with Crippen molar-refractivity contribution >= 4 is 31.0 Å². The molecule has 0 aliphatic rings. The Labute approximate surface area is 179 Å². The number of sulfone groups is 2. The SMILES string of the molecule is Nc1ccc(S(=O)(=O)CCO)cc1.[CH2-]CS(=O)(=O)c1ccc(N)cc1.[Y]. The Morgan fingerprint density at radius 2 is 1.12 bits per heavy atom. The predicted octanol–water partition coefficient (Wildman–Crippen LogP) is 0.909. The van der Waals surface area contributed by atoms with Gasteiger partial charge in [0.2, 0.25) is 0 Å². The maximum Gasteiger partial charge on any atom is 0.180 e. The van der Waals surface area contributed by atoms with Gasteiger partial charge in [-0.15, -0.1) is 0 Å². The van der Waals surface area contributed by atoms with Gasteiger partial charge in [0, 0.05) is 44.1 Å². The second kappa shape index (κ2) is 11.0. The van der Waals surface area contributed by atoms with Gasteiger partial charge in [-0.05, 0) is 48.5 Å². The van der Waals surface area contributed by atoms with Crippen LogP contribution in [0, 0.1) is 6.92 Å². The number of aliphatic hydroxyl groups excluding tert-OH is 1. The molecule has 0 saturated carbocycles. The third-order valence-corrected chi connectivity index (χ3v) is 6.35. The summed E-state index contributed by atoms with van der Waals surface area (Å²) in [6, 6.07) is 12.0. The number of anilines is 2. The van der Waals surface area contributed by atoms with E-state index in [2.05, 4.69) is 6.92 Å². The smallest absolute Gasteiger partial charge is 0.180 e. The molecule has 141 valence electrons. The maximum atomic E-state index is 11.3. The molecule has 0 heterocycles. The summed E-state index contributed by atoms with van der Waals surface area (Å²) in [6.45, 7) is 2.97. The Kier molecular flexibility index (Phi) is 10.6. The molecule has 2 aromatic rings. The second-order valence-corrected chi connectivity index (χ2v) is 9.22. The van der Waals surface area contributed by atoms with Crippen LogP contribution in [0.3, 0.4) is 0 Å². The van der Waals surface area contributed by atoms with Crippen molar-refractivity contribution in [1.82, 2.24) is 0 Å². The number of benzene rings is 2. The van der Waals surface area contributed by atoms with Crippen LogP contribution in [0.1, 0.15) is 0 Å². The van der Waals surface area contributed by atoms with E-state index in [1.165, 1.54) is 36.4 Å². The average Bonchev–Trinajstić information content (AvgIpc) is 2.56. The molecular weight excluding hydrogens is 453 g/mol. The van der Waals surface area contributed by atoms with Gasteiger partial charge < -0.3 is 23.5 Å². The van der Waals surface area contributed by atoms with E-state index in [1.54, 1.807) is 12.1 Å². The van der Waals surface area contributed by atoms with E-state index in [1.807, 2.05) is 0 Å². The minimum absolute atomic E-state index is 0. The topological polar surface area (TPSA) is 141 Å². The number of nitrogens with two attached hydrogens (primary N) is 2. The molecule has 0 fully saturated rings. The van der Waals surface area contributed by atoms with Crippen LogP contribution in [0.15, 0.2) is 58.3 Å². The van der Waals surface area contributed by atoms with E-state index in [-0.39, 0.29) is 60.6 Å². The van der Waals surface area contributed by atoms with E-state index >= 15 is 0 Å². The van der Waals surface area contributed by atoms with Gasteiger partial charge in [0.05, 0.1) is 22.2 Å². The first kappa shape index (κ1) is 25.0. The number of hydrogen-bond donors (Lipinski definition) is 3. The Hall–Kier alpha value is -0.996. The molecular formula is C16H21N2O5S2Y-. The number of aliphatic hydroxyl groups is 1. The summed E-state index contributed by atoms with van der Waals surface area (Å²) in [6.07, 6.45) is 0. The molecule has 0 aliphatic carbocycles. The fraction of sp³-hybridized carbons (Fsp3) is 0.188. The fourth-order valence-electron chi connectivity index (χ4n) is 1.71. The van der Waals surface area contributed by atoms with Crippen molar-refractivity contribution in [3.8, 4) is 0 Å². The molecule has 0 aromatic heterocycles. The van der Waals surface area contributed by atoms with Crippen LogP contribution in [0.4, 0.5) is 11.4 Å². The van der Waals surface area contributed by atoms with Gasteiger partial charge in [-0.3, -0.25) is 0 Å². The molecule has 0 spiro atoms. The Bertz CT molecular complexity index is 881. The number of rotatable bonds is 5. The molecule has 0 atom stereocenters. The van der Waals surface area contributed by atoms with Gasteiger partial charge in [-0.1, -0.05) is 5.75 Å². The standard InChI is InChI=1S/C8H11NO3S.C8H10NO2S.Y/c9-7-1-3-8(4-2-7)13(11,12)6-5-10;1-2-12(10,11)8-5-3-7(9)4-6-8;/h1-4,10H,5-6,9H2;3-6H,1-2,9H2;/q;-1;. The Balaban J connectivity index is 0.000000464. The molecule has 0 unspecified atom stereocenters. The summed E-state index contributed by atoms with van der Waals surface area (Å²) in [5.41, 5.74) is 11.9. The van der Waals surface area contributed by atoms with Crippen molar-refractivity contribution in [2.45, 2.75) is 9.79 Å². The summed E-state index contributed by atoms with van der Waals surface area (Å²) in [7, 11) is -6.51. The van der Waals surface area contributed by atoms with Gasteiger partial charge in [-0.25, -0.2) is 16.8 Å². The minimum Gasteiger partial charge on any atom is -0.399 e. The molecule has 5 N–H and O–H groups in total. The second-order valence-electron chi connectivity index (χ2n) is 5.00. The van der Waals surface area contributed by atoms with Crippen molar-refractivity contribution in [1.29, 1.82) is 0 Å². The van der Waals surface area contributed by atoms with E-state index < -0.39 is 19.7 Å². The predicted molar refractivity (Wildman–Crippen MR) is 98.3 cm³/mol.